The molecular weight excluding hydrogens is 224 g/mol. The van der Waals surface area contributed by atoms with Crippen LogP contribution in [0.15, 0.2) is 30.3 Å². The van der Waals surface area contributed by atoms with Crippen molar-refractivity contribution in [2.45, 2.75) is 19.4 Å². The average Bonchev–Trinajstić information content (AvgIpc) is 3.02. The molecule has 18 heavy (non-hydrogen) atoms. The normalized spacial score (nSPS) is 31.3. The van der Waals surface area contributed by atoms with E-state index < -0.39 is 0 Å². The molecule has 2 bridgehead atoms. The van der Waals surface area contributed by atoms with Gasteiger partial charge in [0.1, 0.15) is 0 Å². The summed E-state index contributed by atoms with van der Waals surface area (Å²) in [6.45, 7) is 5.32. The molecule has 2 fully saturated rings. The Morgan fingerprint density at radius 1 is 1.33 bits per heavy atom. The summed E-state index contributed by atoms with van der Waals surface area (Å²) in [6.07, 6.45) is 1.19. The molecule has 3 rings (SSSR count). The maximum Gasteiger partial charge on any atom is 0.225 e. The Hall–Kier alpha value is -1.35. The van der Waals surface area contributed by atoms with Crippen LogP contribution < -0.4 is 5.32 Å². The van der Waals surface area contributed by atoms with Gasteiger partial charge in [0.05, 0.1) is 12.0 Å². The number of nitrogens with zero attached hydrogens (tertiary/aromatic N) is 1. The van der Waals surface area contributed by atoms with Crippen LogP contribution in [0.4, 0.5) is 0 Å². The van der Waals surface area contributed by atoms with Crippen LogP contribution in [0.3, 0.4) is 0 Å². The third-order valence-corrected chi connectivity index (χ3v) is 4.33. The van der Waals surface area contributed by atoms with Gasteiger partial charge in [-0.1, -0.05) is 30.3 Å². The zero-order valence-electron chi connectivity index (χ0n) is 10.8. The van der Waals surface area contributed by atoms with Gasteiger partial charge in [0.15, 0.2) is 0 Å². The highest BCUT2D eigenvalue weighted by Crippen LogP contribution is 2.33. The quantitative estimate of drug-likeness (QED) is 0.879. The number of rotatable bonds is 3. The van der Waals surface area contributed by atoms with Crippen molar-refractivity contribution in [1.29, 1.82) is 0 Å². The summed E-state index contributed by atoms with van der Waals surface area (Å²) in [5.74, 6) is 1.04. The van der Waals surface area contributed by atoms with Crippen LogP contribution in [-0.2, 0) is 4.79 Å². The fourth-order valence-corrected chi connectivity index (χ4v) is 3.23. The van der Waals surface area contributed by atoms with E-state index in [4.69, 9.17) is 0 Å². The number of carbonyl (C=O) groups is 1. The molecule has 4 atom stereocenters. The Bertz CT molecular complexity index is 431. The lowest BCUT2D eigenvalue weighted by Gasteiger charge is -2.23. The van der Waals surface area contributed by atoms with Crippen LogP contribution >= 0.6 is 0 Å². The first-order valence-electron chi connectivity index (χ1n) is 6.81. The van der Waals surface area contributed by atoms with E-state index in [1.54, 1.807) is 0 Å². The van der Waals surface area contributed by atoms with E-state index in [9.17, 15) is 4.79 Å². The second-order valence-electron chi connectivity index (χ2n) is 5.56. The standard InChI is InChI=1S/C15H20N2O/c1-11(12-5-3-2-4-6-12)16-15(18)14-10-17-8-7-13(14)9-17/h2-6,11,13-14H,7-10H2,1H3,(H,16,18)/t11-,13?,14?/m1/s1. The Kier molecular flexibility index (Phi) is 3.08. The van der Waals surface area contributed by atoms with E-state index >= 15 is 0 Å². The van der Waals surface area contributed by atoms with Crippen LogP contribution in [0.25, 0.3) is 0 Å². The van der Waals surface area contributed by atoms with E-state index in [1.807, 2.05) is 18.2 Å². The largest absolute Gasteiger partial charge is 0.349 e. The molecule has 0 aliphatic carbocycles. The van der Waals surface area contributed by atoms with Crippen LogP contribution in [0, 0.1) is 11.8 Å². The zero-order valence-corrected chi connectivity index (χ0v) is 10.8. The monoisotopic (exact) mass is 244 g/mol. The lowest BCUT2D eigenvalue weighted by atomic mass is 9.91. The molecule has 1 amide bonds. The first-order valence-corrected chi connectivity index (χ1v) is 6.81. The maximum absolute atomic E-state index is 12.3. The molecule has 2 aliphatic rings. The number of benzene rings is 1. The zero-order chi connectivity index (χ0) is 12.5. The van der Waals surface area contributed by atoms with E-state index in [2.05, 4.69) is 29.3 Å². The number of fused-ring (bicyclic) bond motifs is 2. The van der Waals surface area contributed by atoms with Crippen LogP contribution in [0.1, 0.15) is 24.9 Å². The molecule has 96 valence electrons. The Morgan fingerprint density at radius 3 is 2.72 bits per heavy atom. The average molecular weight is 244 g/mol. The molecule has 1 N–H and O–H groups in total. The van der Waals surface area contributed by atoms with Crippen molar-refractivity contribution in [2.75, 3.05) is 19.6 Å². The van der Waals surface area contributed by atoms with Gasteiger partial charge >= 0.3 is 0 Å². The molecule has 2 heterocycles. The fourth-order valence-electron chi connectivity index (χ4n) is 3.23. The van der Waals surface area contributed by atoms with Gasteiger partial charge in [-0.05, 0) is 31.4 Å². The summed E-state index contributed by atoms with van der Waals surface area (Å²) in [6, 6.07) is 10.3. The Morgan fingerprint density at radius 2 is 2.11 bits per heavy atom. The highest BCUT2D eigenvalue weighted by Gasteiger charge is 2.41. The number of hydrogen-bond acceptors (Lipinski definition) is 2. The summed E-state index contributed by atoms with van der Waals surface area (Å²) in [7, 11) is 0. The predicted molar refractivity (Wildman–Crippen MR) is 71.0 cm³/mol. The number of hydrogen-bond donors (Lipinski definition) is 1. The molecule has 1 aromatic carbocycles. The Labute approximate surface area is 108 Å². The van der Waals surface area contributed by atoms with Crippen molar-refractivity contribution in [3.63, 3.8) is 0 Å². The highest BCUT2D eigenvalue weighted by molar-refractivity contribution is 5.80. The van der Waals surface area contributed by atoms with Crippen molar-refractivity contribution in [1.82, 2.24) is 10.2 Å². The molecule has 3 heteroatoms. The van der Waals surface area contributed by atoms with Gasteiger partial charge in [-0.3, -0.25) is 4.79 Å². The Balaban J connectivity index is 1.61. The van der Waals surface area contributed by atoms with Gasteiger partial charge in [-0.15, -0.1) is 0 Å². The van der Waals surface area contributed by atoms with E-state index in [1.165, 1.54) is 18.5 Å². The molecule has 0 saturated carbocycles. The van der Waals surface area contributed by atoms with Gasteiger partial charge in [0.2, 0.25) is 5.91 Å². The van der Waals surface area contributed by atoms with Crippen molar-refractivity contribution in [2.24, 2.45) is 11.8 Å². The molecule has 1 aromatic rings. The number of carbonyl (C=O) groups excluding carboxylic acids is 1. The number of piperidine rings is 1. The molecule has 0 aromatic heterocycles. The fraction of sp³-hybridized carbons (Fsp3) is 0.533. The van der Waals surface area contributed by atoms with Gasteiger partial charge in [0, 0.05) is 13.1 Å². The van der Waals surface area contributed by atoms with Crippen molar-refractivity contribution in [3.8, 4) is 0 Å². The topological polar surface area (TPSA) is 32.3 Å². The van der Waals surface area contributed by atoms with Crippen LogP contribution in [0.5, 0.6) is 0 Å². The molecular formula is C15H20N2O. The third-order valence-electron chi connectivity index (χ3n) is 4.33. The van der Waals surface area contributed by atoms with Gasteiger partial charge in [-0.2, -0.15) is 0 Å². The lowest BCUT2D eigenvalue weighted by Crippen LogP contribution is -2.38. The van der Waals surface area contributed by atoms with Crippen molar-refractivity contribution >= 4 is 5.91 Å². The highest BCUT2D eigenvalue weighted by atomic mass is 16.2. The van der Waals surface area contributed by atoms with Gasteiger partial charge < -0.3 is 10.2 Å². The van der Waals surface area contributed by atoms with Crippen molar-refractivity contribution < 1.29 is 4.79 Å². The summed E-state index contributed by atoms with van der Waals surface area (Å²) >= 11 is 0. The first-order chi connectivity index (χ1) is 8.74. The van der Waals surface area contributed by atoms with Crippen molar-refractivity contribution in [3.05, 3.63) is 35.9 Å². The van der Waals surface area contributed by atoms with E-state index in [-0.39, 0.29) is 17.9 Å². The number of amides is 1. The molecule has 0 radical (unpaired) electrons. The molecule has 2 saturated heterocycles. The first kappa shape index (κ1) is 11.7. The summed E-state index contributed by atoms with van der Waals surface area (Å²) in [5, 5.41) is 3.16. The molecule has 2 aliphatic heterocycles. The second kappa shape index (κ2) is 4.73. The third kappa shape index (κ3) is 2.15. The minimum Gasteiger partial charge on any atom is -0.349 e. The molecule has 3 nitrogen and oxygen atoms in total. The summed E-state index contributed by atoms with van der Waals surface area (Å²) in [4.78, 5) is 14.7. The smallest absolute Gasteiger partial charge is 0.225 e. The van der Waals surface area contributed by atoms with E-state index in [0.29, 0.717) is 5.92 Å². The van der Waals surface area contributed by atoms with Crippen LogP contribution in [-0.4, -0.2) is 30.4 Å². The van der Waals surface area contributed by atoms with Crippen LogP contribution in [0.2, 0.25) is 0 Å². The predicted octanol–water partition coefficient (Wildman–Crippen LogP) is 1.82. The summed E-state index contributed by atoms with van der Waals surface area (Å²) in [5.41, 5.74) is 1.18. The SMILES string of the molecule is C[C@@H](NC(=O)C1CN2CCC1C2)c1ccccc1. The van der Waals surface area contributed by atoms with E-state index in [0.717, 1.165) is 13.1 Å². The van der Waals surface area contributed by atoms with Gasteiger partial charge in [0.25, 0.3) is 0 Å². The minimum atomic E-state index is 0.104. The lowest BCUT2D eigenvalue weighted by molar-refractivity contribution is -0.126. The number of nitrogens with one attached hydrogen (secondary N) is 1. The molecule has 0 spiro atoms. The maximum atomic E-state index is 12.3. The summed E-state index contributed by atoms with van der Waals surface area (Å²) < 4.78 is 0. The second-order valence-corrected chi connectivity index (χ2v) is 5.56. The molecule has 3 unspecified atom stereocenters. The van der Waals surface area contributed by atoms with Gasteiger partial charge in [-0.25, -0.2) is 0 Å². The minimum absolute atomic E-state index is 0.104.